The number of ether oxygens (including phenoxy) is 2. The van der Waals surface area contributed by atoms with E-state index in [0.717, 1.165) is 0 Å². The molecule has 2 N–H and O–H groups in total. The van der Waals surface area contributed by atoms with Gasteiger partial charge in [0.05, 0.1) is 23.5 Å². The zero-order valence-corrected chi connectivity index (χ0v) is 11.8. The maximum Gasteiger partial charge on any atom is 0.149 e. The molecule has 1 aromatic heterocycles. The lowest BCUT2D eigenvalue weighted by Gasteiger charge is -2.09. The Morgan fingerprint density at radius 2 is 2.11 bits per heavy atom. The van der Waals surface area contributed by atoms with E-state index in [0.29, 0.717) is 21.7 Å². The van der Waals surface area contributed by atoms with Gasteiger partial charge in [0, 0.05) is 12.6 Å². The lowest BCUT2D eigenvalue weighted by Crippen LogP contribution is -2.03. The van der Waals surface area contributed by atoms with E-state index in [4.69, 9.17) is 15.2 Å². The third-order valence-corrected chi connectivity index (χ3v) is 3.07. The molecule has 0 amide bonds. The van der Waals surface area contributed by atoms with Crippen molar-refractivity contribution in [3.8, 4) is 17.2 Å². The molecule has 0 spiro atoms. The predicted molar refractivity (Wildman–Crippen MR) is 72.9 cm³/mol. The normalized spacial score (nSPS) is 10.3. The van der Waals surface area contributed by atoms with Gasteiger partial charge in [-0.3, -0.25) is 4.98 Å². The average Bonchev–Trinajstić information content (AvgIpc) is 2.41. The number of benzene rings is 1. The summed E-state index contributed by atoms with van der Waals surface area (Å²) in [5.74, 6) is 1.06. The monoisotopic (exact) mass is 326 g/mol. The fourth-order valence-electron chi connectivity index (χ4n) is 1.47. The van der Waals surface area contributed by atoms with Crippen molar-refractivity contribution in [3.05, 3.63) is 46.4 Å². The van der Waals surface area contributed by atoms with E-state index in [2.05, 4.69) is 20.9 Å². The zero-order chi connectivity index (χ0) is 13.8. The average molecular weight is 327 g/mol. The fourth-order valence-corrected chi connectivity index (χ4v) is 1.91. The summed E-state index contributed by atoms with van der Waals surface area (Å²) in [6.07, 6.45) is 1.43. The van der Waals surface area contributed by atoms with Gasteiger partial charge >= 0.3 is 0 Å². The van der Waals surface area contributed by atoms with Crippen molar-refractivity contribution >= 4 is 15.9 Å². The summed E-state index contributed by atoms with van der Waals surface area (Å²) in [5.41, 5.74) is 5.55. The lowest BCUT2D eigenvalue weighted by atomic mass is 10.3. The Bertz CT molecular complexity index is 593. The predicted octanol–water partition coefficient (Wildman–Crippen LogP) is 3.24. The third-order valence-electron chi connectivity index (χ3n) is 2.45. The highest BCUT2D eigenvalue weighted by molar-refractivity contribution is 9.10. The fraction of sp³-hybridized carbons (Fsp3) is 0.154. The van der Waals surface area contributed by atoms with Crippen molar-refractivity contribution in [2.24, 2.45) is 5.73 Å². The van der Waals surface area contributed by atoms with Crippen molar-refractivity contribution in [1.29, 1.82) is 0 Å². The van der Waals surface area contributed by atoms with Crippen LogP contribution in [-0.2, 0) is 6.54 Å². The summed E-state index contributed by atoms with van der Waals surface area (Å²) < 4.78 is 24.8. The van der Waals surface area contributed by atoms with Crippen LogP contribution in [0.3, 0.4) is 0 Å². The molecule has 0 saturated carbocycles. The molecular weight excluding hydrogens is 315 g/mol. The van der Waals surface area contributed by atoms with E-state index >= 15 is 0 Å². The van der Waals surface area contributed by atoms with Crippen LogP contribution in [-0.4, -0.2) is 12.1 Å². The van der Waals surface area contributed by atoms with Gasteiger partial charge in [-0.15, -0.1) is 0 Å². The largest absolute Gasteiger partial charge is 0.497 e. The second-order valence-electron chi connectivity index (χ2n) is 3.70. The minimum atomic E-state index is -0.482. The number of aromatic nitrogens is 1. The molecule has 0 aliphatic heterocycles. The van der Waals surface area contributed by atoms with E-state index in [1.54, 1.807) is 25.3 Å². The van der Waals surface area contributed by atoms with Crippen molar-refractivity contribution in [2.75, 3.05) is 7.11 Å². The zero-order valence-electron chi connectivity index (χ0n) is 10.2. The molecule has 0 unspecified atom stereocenters. The summed E-state index contributed by atoms with van der Waals surface area (Å²) in [4.78, 5) is 3.89. The molecule has 100 valence electrons. The SMILES string of the molecule is COc1ccc(Oc2cnc(CN)c(F)c2)c(Br)c1. The van der Waals surface area contributed by atoms with E-state index < -0.39 is 5.82 Å². The number of halogens is 2. The van der Waals surface area contributed by atoms with E-state index in [9.17, 15) is 4.39 Å². The first-order valence-corrected chi connectivity index (χ1v) is 6.29. The van der Waals surface area contributed by atoms with Gasteiger partial charge in [-0.25, -0.2) is 4.39 Å². The van der Waals surface area contributed by atoms with Gasteiger partial charge in [0.25, 0.3) is 0 Å². The second-order valence-corrected chi connectivity index (χ2v) is 4.56. The maximum absolute atomic E-state index is 13.5. The molecule has 0 radical (unpaired) electrons. The van der Waals surface area contributed by atoms with Crippen LogP contribution in [0.15, 0.2) is 34.9 Å². The molecule has 0 saturated heterocycles. The van der Waals surface area contributed by atoms with Crippen LogP contribution >= 0.6 is 15.9 Å². The van der Waals surface area contributed by atoms with E-state index in [-0.39, 0.29) is 12.2 Å². The Hall–Kier alpha value is -1.66. The van der Waals surface area contributed by atoms with Crippen LogP contribution in [0.25, 0.3) is 0 Å². The molecule has 0 fully saturated rings. The van der Waals surface area contributed by atoms with Gasteiger partial charge in [-0.2, -0.15) is 0 Å². The summed E-state index contributed by atoms with van der Waals surface area (Å²) in [5, 5.41) is 0. The Kier molecular flexibility index (Phi) is 4.34. The van der Waals surface area contributed by atoms with Gasteiger partial charge in [0.1, 0.15) is 23.1 Å². The standard InChI is InChI=1S/C13H12BrFN2O2/c1-18-8-2-3-13(10(14)4-8)19-9-5-11(15)12(6-16)17-7-9/h2-5,7H,6,16H2,1H3. The molecule has 19 heavy (non-hydrogen) atoms. The molecule has 2 aromatic rings. The first kappa shape index (κ1) is 13.8. The number of pyridine rings is 1. The molecule has 6 heteroatoms. The number of hydrogen-bond donors (Lipinski definition) is 1. The Balaban J connectivity index is 2.23. The number of nitrogens with two attached hydrogens (primary N) is 1. The van der Waals surface area contributed by atoms with Gasteiger partial charge < -0.3 is 15.2 Å². The van der Waals surface area contributed by atoms with Crippen molar-refractivity contribution < 1.29 is 13.9 Å². The molecule has 1 heterocycles. The first-order chi connectivity index (χ1) is 9.13. The Labute approximate surface area is 118 Å². The summed E-state index contributed by atoms with van der Waals surface area (Å²) in [7, 11) is 1.58. The van der Waals surface area contributed by atoms with Gasteiger partial charge in [0.15, 0.2) is 0 Å². The van der Waals surface area contributed by atoms with Crippen molar-refractivity contribution in [1.82, 2.24) is 4.98 Å². The molecule has 0 bridgehead atoms. The van der Waals surface area contributed by atoms with Crippen LogP contribution in [0.2, 0.25) is 0 Å². The lowest BCUT2D eigenvalue weighted by molar-refractivity contribution is 0.412. The van der Waals surface area contributed by atoms with Crippen LogP contribution in [0.5, 0.6) is 17.2 Å². The maximum atomic E-state index is 13.5. The molecule has 0 aliphatic carbocycles. The molecule has 0 atom stereocenters. The molecule has 4 nitrogen and oxygen atoms in total. The second kappa shape index (κ2) is 5.99. The van der Waals surface area contributed by atoms with Crippen LogP contribution in [0.1, 0.15) is 5.69 Å². The quantitative estimate of drug-likeness (QED) is 0.937. The highest BCUT2D eigenvalue weighted by Gasteiger charge is 2.08. The number of hydrogen-bond acceptors (Lipinski definition) is 4. The van der Waals surface area contributed by atoms with Crippen molar-refractivity contribution in [3.63, 3.8) is 0 Å². The first-order valence-electron chi connectivity index (χ1n) is 5.50. The smallest absolute Gasteiger partial charge is 0.149 e. The number of rotatable bonds is 4. The van der Waals surface area contributed by atoms with Gasteiger partial charge in [-0.1, -0.05) is 0 Å². The molecule has 2 rings (SSSR count). The van der Waals surface area contributed by atoms with E-state index in [1.807, 2.05) is 0 Å². The third kappa shape index (κ3) is 3.21. The van der Waals surface area contributed by atoms with Crippen LogP contribution in [0.4, 0.5) is 4.39 Å². The Morgan fingerprint density at radius 1 is 1.32 bits per heavy atom. The van der Waals surface area contributed by atoms with E-state index in [1.165, 1.54) is 12.3 Å². The highest BCUT2D eigenvalue weighted by Crippen LogP contribution is 2.32. The molecule has 1 aromatic carbocycles. The summed E-state index contributed by atoms with van der Waals surface area (Å²) in [6, 6.07) is 6.48. The minimum absolute atomic E-state index is 0.0539. The number of nitrogens with zero attached hydrogens (tertiary/aromatic N) is 1. The van der Waals surface area contributed by atoms with Gasteiger partial charge in [0.2, 0.25) is 0 Å². The van der Waals surface area contributed by atoms with Crippen LogP contribution < -0.4 is 15.2 Å². The van der Waals surface area contributed by atoms with Gasteiger partial charge in [-0.05, 0) is 34.1 Å². The summed E-state index contributed by atoms with van der Waals surface area (Å²) >= 11 is 3.35. The van der Waals surface area contributed by atoms with Crippen molar-refractivity contribution in [2.45, 2.75) is 6.54 Å². The van der Waals surface area contributed by atoms with Crippen LogP contribution in [0, 0.1) is 5.82 Å². The minimum Gasteiger partial charge on any atom is -0.497 e. The number of methoxy groups -OCH3 is 1. The Morgan fingerprint density at radius 3 is 2.68 bits per heavy atom. The molecule has 0 aliphatic rings. The topological polar surface area (TPSA) is 57.4 Å². The summed E-state index contributed by atoms with van der Waals surface area (Å²) in [6.45, 7) is 0.0539. The molecular formula is C13H12BrFN2O2. The highest BCUT2D eigenvalue weighted by atomic mass is 79.9.